The summed E-state index contributed by atoms with van der Waals surface area (Å²) in [6, 6.07) is 16.3. The average molecular weight is 447 g/mol. The van der Waals surface area contributed by atoms with Crippen LogP contribution < -0.4 is 11.0 Å². The summed E-state index contributed by atoms with van der Waals surface area (Å²) in [5, 5.41) is 16.2. The van der Waals surface area contributed by atoms with Crippen molar-refractivity contribution in [3.8, 4) is 11.3 Å². The predicted molar refractivity (Wildman–Crippen MR) is 121 cm³/mol. The van der Waals surface area contributed by atoms with E-state index < -0.39 is 0 Å². The summed E-state index contributed by atoms with van der Waals surface area (Å²) in [5.41, 5.74) is 4.50. The number of benzene rings is 3. The van der Waals surface area contributed by atoms with Gasteiger partial charge in [-0.1, -0.05) is 35.4 Å². The minimum Gasteiger partial charge on any atom is -0.354 e. The zero-order valence-electron chi connectivity index (χ0n) is 17.1. The van der Waals surface area contributed by atoms with Crippen LogP contribution in [0, 0.1) is 6.92 Å². The van der Waals surface area contributed by atoms with E-state index in [9.17, 15) is 9.59 Å². The standard InChI is InChI=1S/C23H17N3O5S/c1-12-7-8-15(18(11-12)32-31-30-29)24-16-9-10-17-20-19(16)22(27)14-6-4-3-5-13(14)21(20)25-23(28)26(17)2/h3-11,24,29H,1-2H3. The lowest BCUT2D eigenvalue weighted by Gasteiger charge is -2.23. The minimum atomic E-state index is -0.387. The van der Waals surface area contributed by atoms with E-state index in [1.54, 1.807) is 37.4 Å². The number of hydrogen-bond acceptors (Lipinski definition) is 8. The van der Waals surface area contributed by atoms with Crippen molar-refractivity contribution in [2.45, 2.75) is 11.8 Å². The molecule has 0 radical (unpaired) electrons. The monoisotopic (exact) mass is 447 g/mol. The number of aromatic nitrogens is 2. The molecule has 0 amide bonds. The molecule has 0 aliphatic heterocycles. The van der Waals surface area contributed by atoms with E-state index in [4.69, 9.17) is 5.26 Å². The Morgan fingerprint density at radius 3 is 2.56 bits per heavy atom. The van der Waals surface area contributed by atoms with Gasteiger partial charge in [-0.05, 0) is 36.8 Å². The molecule has 9 heteroatoms. The molecule has 32 heavy (non-hydrogen) atoms. The summed E-state index contributed by atoms with van der Waals surface area (Å²) in [6.45, 7) is 1.92. The molecule has 2 N–H and O–H groups in total. The Kier molecular flexibility index (Phi) is 5.03. The van der Waals surface area contributed by atoms with E-state index >= 15 is 0 Å². The molecule has 1 aromatic heterocycles. The lowest BCUT2D eigenvalue weighted by molar-refractivity contribution is -0.432. The molecule has 0 atom stereocenters. The third-order valence-electron chi connectivity index (χ3n) is 5.49. The largest absolute Gasteiger partial charge is 0.354 e. The zero-order valence-corrected chi connectivity index (χ0v) is 17.9. The SMILES string of the molecule is Cc1ccc(Nc2ccc3c4c(nc(=O)n3C)-c3ccccc3C(=O)c24)c(SOOO)c1. The third-order valence-corrected chi connectivity index (χ3v) is 6.14. The van der Waals surface area contributed by atoms with Gasteiger partial charge in [0.1, 0.15) is 0 Å². The van der Waals surface area contributed by atoms with E-state index in [1.807, 2.05) is 31.2 Å². The first-order chi connectivity index (χ1) is 15.5. The Labute approximate surface area is 186 Å². The van der Waals surface area contributed by atoms with Crippen molar-refractivity contribution < 1.29 is 19.4 Å². The Bertz CT molecular complexity index is 1460. The first kappa shape index (κ1) is 20.4. The molecule has 1 aliphatic rings. The van der Waals surface area contributed by atoms with Gasteiger partial charge in [0.25, 0.3) is 0 Å². The first-order valence-corrected chi connectivity index (χ1v) is 10.4. The van der Waals surface area contributed by atoms with Crippen LogP contribution in [-0.2, 0) is 16.4 Å². The quantitative estimate of drug-likeness (QED) is 0.228. The molecule has 5 rings (SSSR count). The topological polar surface area (TPSA) is 103 Å². The van der Waals surface area contributed by atoms with E-state index in [2.05, 4.69) is 19.7 Å². The Hall–Kier alpha value is -3.50. The van der Waals surface area contributed by atoms with Crippen molar-refractivity contribution >= 4 is 40.1 Å². The number of fused-ring (bicyclic) bond motifs is 2. The van der Waals surface area contributed by atoms with Gasteiger partial charge in [-0.3, -0.25) is 9.36 Å². The summed E-state index contributed by atoms with van der Waals surface area (Å²) in [7, 11) is 1.64. The number of rotatable bonds is 5. The molecule has 1 aliphatic carbocycles. The molecule has 0 fully saturated rings. The fraction of sp³-hybridized carbons (Fsp3) is 0.0870. The van der Waals surface area contributed by atoms with Crippen LogP contribution in [0.4, 0.5) is 11.4 Å². The fourth-order valence-corrected chi connectivity index (χ4v) is 4.54. The van der Waals surface area contributed by atoms with Crippen molar-refractivity contribution in [1.29, 1.82) is 0 Å². The molecular formula is C23H17N3O5S. The van der Waals surface area contributed by atoms with Crippen molar-refractivity contribution in [3.63, 3.8) is 0 Å². The number of carbonyl (C=O) groups excluding carboxylic acids is 1. The molecule has 4 aromatic rings. The number of nitrogens with one attached hydrogen (secondary N) is 1. The van der Waals surface area contributed by atoms with Gasteiger partial charge in [-0.2, -0.15) is 4.98 Å². The summed E-state index contributed by atoms with van der Waals surface area (Å²) >= 11 is 0.831. The maximum atomic E-state index is 13.6. The molecule has 0 saturated heterocycles. The Balaban J connectivity index is 1.75. The Morgan fingerprint density at radius 1 is 1.03 bits per heavy atom. The molecule has 8 nitrogen and oxygen atoms in total. The van der Waals surface area contributed by atoms with Gasteiger partial charge < -0.3 is 5.32 Å². The molecule has 160 valence electrons. The van der Waals surface area contributed by atoms with E-state index in [-0.39, 0.29) is 11.5 Å². The van der Waals surface area contributed by atoms with Crippen molar-refractivity contribution in [3.05, 3.63) is 81.8 Å². The molecule has 0 bridgehead atoms. The van der Waals surface area contributed by atoms with Gasteiger partial charge in [0, 0.05) is 23.6 Å². The van der Waals surface area contributed by atoms with E-state index in [1.165, 1.54) is 4.57 Å². The van der Waals surface area contributed by atoms with Crippen LogP contribution in [0.15, 0.2) is 64.3 Å². The Morgan fingerprint density at radius 2 is 1.78 bits per heavy atom. The van der Waals surface area contributed by atoms with Gasteiger partial charge in [-0.25, -0.2) is 10.1 Å². The summed E-state index contributed by atoms with van der Waals surface area (Å²) in [5.74, 6) is -0.155. The predicted octanol–water partition coefficient (Wildman–Crippen LogP) is 4.63. The van der Waals surface area contributed by atoms with Crippen LogP contribution in [-0.4, -0.2) is 20.6 Å². The molecular weight excluding hydrogens is 430 g/mol. The van der Waals surface area contributed by atoms with E-state index in [0.717, 1.165) is 17.6 Å². The lowest BCUT2D eigenvalue weighted by Crippen LogP contribution is -2.24. The highest BCUT2D eigenvalue weighted by molar-refractivity contribution is 7.94. The average Bonchev–Trinajstić information content (AvgIpc) is 2.80. The van der Waals surface area contributed by atoms with Gasteiger partial charge >= 0.3 is 5.69 Å². The highest BCUT2D eigenvalue weighted by atomic mass is 32.2. The number of carbonyl (C=O) groups is 1. The fourth-order valence-electron chi connectivity index (χ4n) is 4.00. The van der Waals surface area contributed by atoms with Crippen LogP contribution in [0.5, 0.6) is 0 Å². The number of ketones is 1. The molecule has 0 unspecified atom stereocenters. The number of aryl methyl sites for hydroxylation is 2. The van der Waals surface area contributed by atoms with Crippen LogP contribution in [0.2, 0.25) is 0 Å². The highest BCUT2D eigenvalue weighted by Crippen LogP contribution is 2.42. The van der Waals surface area contributed by atoms with Crippen molar-refractivity contribution in [2.24, 2.45) is 7.05 Å². The van der Waals surface area contributed by atoms with Crippen LogP contribution in [0.3, 0.4) is 0 Å². The van der Waals surface area contributed by atoms with Crippen LogP contribution in [0.25, 0.3) is 22.2 Å². The smallest absolute Gasteiger partial charge is 0.348 e. The summed E-state index contributed by atoms with van der Waals surface area (Å²) < 4.78 is 6.06. The molecule has 1 heterocycles. The number of hydrogen-bond donors (Lipinski definition) is 2. The van der Waals surface area contributed by atoms with Crippen LogP contribution in [0.1, 0.15) is 21.5 Å². The third kappa shape index (κ3) is 3.19. The minimum absolute atomic E-state index is 0.155. The highest BCUT2D eigenvalue weighted by Gasteiger charge is 2.30. The summed E-state index contributed by atoms with van der Waals surface area (Å²) in [6.07, 6.45) is 0. The van der Waals surface area contributed by atoms with Gasteiger partial charge in [-0.15, -0.1) is 4.33 Å². The lowest BCUT2D eigenvalue weighted by atomic mass is 9.85. The second-order valence-electron chi connectivity index (χ2n) is 7.41. The van der Waals surface area contributed by atoms with Crippen molar-refractivity contribution in [1.82, 2.24) is 9.55 Å². The van der Waals surface area contributed by atoms with Crippen molar-refractivity contribution in [2.75, 3.05) is 5.32 Å². The maximum absolute atomic E-state index is 13.6. The number of anilines is 2. The normalized spacial score (nSPS) is 12.2. The summed E-state index contributed by atoms with van der Waals surface area (Å²) in [4.78, 5) is 31.0. The molecule has 3 aromatic carbocycles. The van der Waals surface area contributed by atoms with Gasteiger partial charge in [0.05, 0.1) is 45.1 Å². The first-order valence-electron chi connectivity index (χ1n) is 9.70. The zero-order chi connectivity index (χ0) is 22.4. The van der Waals surface area contributed by atoms with Gasteiger partial charge in [0.2, 0.25) is 0 Å². The van der Waals surface area contributed by atoms with Crippen LogP contribution >= 0.6 is 12.0 Å². The van der Waals surface area contributed by atoms with E-state index in [0.29, 0.717) is 49.6 Å². The molecule has 0 saturated carbocycles. The molecule has 0 spiro atoms. The number of nitrogens with zero attached hydrogens (tertiary/aromatic N) is 2. The maximum Gasteiger partial charge on any atom is 0.348 e. The van der Waals surface area contributed by atoms with Gasteiger partial charge in [0.15, 0.2) is 5.78 Å². The second-order valence-corrected chi connectivity index (χ2v) is 8.15. The second kappa shape index (κ2) is 7.88.